The van der Waals surface area contributed by atoms with Crippen LogP contribution in [0, 0.1) is 0 Å². The van der Waals surface area contributed by atoms with Crippen LogP contribution >= 0.6 is 0 Å². The first kappa shape index (κ1) is 11.7. The van der Waals surface area contributed by atoms with Gasteiger partial charge in [-0.15, -0.1) is 0 Å². The van der Waals surface area contributed by atoms with Gasteiger partial charge in [0.05, 0.1) is 19.3 Å². The number of nitrogens with zero attached hydrogens (tertiary/aromatic N) is 1. The van der Waals surface area contributed by atoms with Crippen LogP contribution in [-0.2, 0) is 16.0 Å². The second-order valence-electron chi connectivity index (χ2n) is 3.73. The fraction of sp³-hybridized carbons (Fsp3) is 0.308. The SMILES string of the molecule is COCCn1ccc2c(C(=O)OC)cccc21. The van der Waals surface area contributed by atoms with Gasteiger partial charge < -0.3 is 14.0 Å². The van der Waals surface area contributed by atoms with Crippen LogP contribution in [0.25, 0.3) is 10.9 Å². The van der Waals surface area contributed by atoms with Gasteiger partial charge >= 0.3 is 5.97 Å². The number of rotatable bonds is 4. The lowest BCUT2D eigenvalue weighted by Gasteiger charge is -2.05. The Balaban J connectivity index is 2.45. The van der Waals surface area contributed by atoms with Crippen molar-refractivity contribution < 1.29 is 14.3 Å². The molecular weight excluding hydrogens is 218 g/mol. The molecule has 0 atom stereocenters. The third kappa shape index (κ3) is 2.17. The first-order valence-electron chi connectivity index (χ1n) is 5.43. The molecular formula is C13H15NO3. The summed E-state index contributed by atoms with van der Waals surface area (Å²) in [4.78, 5) is 11.6. The Morgan fingerprint density at radius 3 is 2.82 bits per heavy atom. The van der Waals surface area contributed by atoms with Crippen LogP contribution in [0.15, 0.2) is 30.5 Å². The summed E-state index contributed by atoms with van der Waals surface area (Å²) in [5, 5.41) is 0.912. The summed E-state index contributed by atoms with van der Waals surface area (Å²) in [5.41, 5.74) is 1.62. The fourth-order valence-corrected chi connectivity index (χ4v) is 1.90. The normalized spacial score (nSPS) is 10.7. The monoisotopic (exact) mass is 233 g/mol. The minimum Gasteiger partial charge on any atom is -0.465 e. The molecule has 0 saturated carbocycles. The molecule has 4 heteroatoms. The van der Waals surface area contributed by atoms with E-state index in [0.717, 1.165) is 17.4 Å². The Kier molecular flexibility index (Phi) is 3.44. The Hall–Kier alpha value is -1.81. The second kappa shape index (κ2) is 5.01. The number of benzene rings is 1. The van der Waals surface area contributed by atoms with E-state index in [4.69, 9.17) is 9.47 Å². The first-order valence-corrected chi connectivity index (χ1v) is 5.43. The van der Waals surface area contributed by atoms with E-state index in [-0.39, 0.29) is 5.97 Å². The van der Waals surface area contributed by atoms with Crippen molar-refractivity contribution in [3.05, 3.63) is 36.0 Å². The number of esters is 1. The van der Waals surface area contributed by atoms with Crippen molar-refractivity contribution >= 4 is 16.9 Å². The summed E-state index contributed by atoms with van der Waals surface area (Å²) < 4.78 is 11.9. The number of hydrogen-bond acceptors (Lipinski definition) is 3. The van der Waals surface area contributed by atoms with Crippen LogP contribution in [0.4, 0.5) is 0 Å². The standard InChI is InChI=1S/C13H15NO3/c1-16-9-8-14-7-6-10-11(13(15)17-2)4-3-5-12(10)14/h3-7H,8-9H2,1-2H3. The maximum absolute atomic E-state index is 11.6. The topological polar surface area (TPSA) is 40.5 Å². The van der Waals surface area contributed by atoms with Gasteiger partial charge in [0.25, 0.3) is 0 Å². The lowest BCUT2D eigenvalue weighted by molar-refractivity contribution is 0.0603. The summed E-state index contributed by atoms with van der Waals surface area (Å²) in [6, 6.07) is 7.54. The van der Waals surface area contributed by atoms with Gasteiger partial charge in [-0.05, 0) is 18.2 Å². The van der Waals surface area contributed by atoms with Crippen molar-refractivity contribution in [1.82, 2.24) is 4.57 Å². The van der Waals surface area contributed by atoms with Gasteiger partial charge in [0.15, 0.2) is 0 Å². The van der Waals surface area contributed by atoms with Gasteiger partial charge in [-0.2, -0.15) is 0 Å². The zero-order valence-electron chi connectivity index (χ0n) is 9.97. The van der Waals surface area contributed by atoms with Crippen LogP contribution in [-0.4, -0.2) is 31.4 Å². The minimum absolute atomic E-state index is 0.305. The van der Waals surface area contributed by atoms with E-state index in [1.807, 2.05) is 24.4 Å². The molecule has 2 aromatic rings. The Labute approximate surface area is 99.7 Å². The van der Waals surface area contributed by atoms with Crippen molar-refractivity contribution in [2.45, 2.75) is 6.54 Å². The lowest BCUT2D eigenvalue weighted by atomic mass is 10.1. The second-order valence-corrected chi connectivity index (χ2v) is 3.73. The molecule has 0 amide bonds. The lowest BCUT2D eigenvalue weighted by Crippen LogP contribution is -2.04. The highest BCUT2D eigenvalue weighted by atomic mass is 16.5. The molecule has 1 heterocycles. The molecule has 0 saturated heterocycles. The van der Waals surface area contributed by atoms with Gasteiger partial charge in [-0.3, -0.25) is 0 Å². The molecule has 0 aliphatic carbocycles. The molecule has 0 radical (unpaired) electrons. The smallest absolute Gasteiger partial charge is 0.338 e. The van der Waals surface area contributed by atoms with E-state index in [2.05, 4.69) is 4.57 Å². The molecule has 0 spiro atoms. The van der Waals surface area contributed by atoms with Crippen molar-refractivity contribution in [3.8, 4) is 0 Å². The number of carbonyl (C=O) groups is 1. The molecule has 2 rings (SSSR count). The van der Waals surface area contributed by atoms with Crippen LogP contribution in [0.3, 0.4) is 0 Å². The van der Waals surface area contributed by atoms with Gasteiger partial charge in [0, 0.05) is 30.8 Å². The minimum atomic E-state index is -0.305. The molecule has 1 aromatic carbocycles. The predicted molar refractivity (Wildman–Crippen MR) is 65.2 cm³/mol. The summed E-state index contributed by atoms with van der Waals surface area (Å²) in [6.45, 7) is 1.41. The predicted octanol–water partition coefficient (Wildman–Crippen LogP) is 2.07. The van der Waals surface area contributed by atoms with Crippen LogP contribution in [0.5, 0.6) is 0 Å². The van der Waals surface area contributed by atoms with Gasteiger partial charge in [-0.1, -0.05) is 6.07 Å². The number of fused-ring (bicyclic) bond motifs is 1. The highest BCUT2D eigenvalue weighted by Crippen LogP contribution is 2.20. The molecule has 17 heavy (non-hydrogen) atoms. The molecule has 0 unspecified atom stereocenters. The van der Waals surface area contributed by atoms with E-state index >= 15 is 0 Å². The maximum atomic E-state index is 11.6. The van der Waals surface area contributed by atoms with Gasteiger partial charge in [0.2, 0.25) is 0 Å². The van der Waals surface area contributed by atoms with E-state index < -0.39 is 0 Å². The third-order valence-electron chi connectivity index (χ3n) is 2.76. The molecule has 90 valence electrons. The highest BCUT2D eigenvalue weighted by Gasteiger charge is 2.11. The summed E-state index contributed by atoms with van der Waals surface area (Å²) >= 11 is 0. The van der Waals surface area contributed by atoms with Crippen LogP contribution in [0.1, 0.15) is 10.4 Å². The molecule has 0 bridgehead atoms. The molecule has 4 nitrogen and oxygen atoms in total. The molecule has 0 N–H and O–H groups in total. The number of hydrogen-bond donors (Lipinski definition) is 0. The quantitative estimate of drug-likeness (QED) is 0.759. The zero-order valence-corrected chi connectivity index (χ0v) is 9.97. The van der Waals surface area contributed by atoms with Crippen molar-refractivity contribution in [3.63, 3.8) is 0 Å². The number of aromatic nitrogens is 1. The average Bonchev–Trinajstić information content (AvgIpc) is 2.78. The summed E-state index contributed by atoms with van der Waals surface area (Å²) in [5.74, 6) is -0.305. The fourth-order valence-electron chi connectivity index (χ4n) is 1.90. The Morgan fingerprint density at radius 2 is 2.12 bits per heavy atom. The molecule has 0 fully saturated rings. The average molecular weight is 233 g/mol. The Morgan fingerprint density at radius 1 is 1.29 bits per heavy atom. The number of ether oxygens (including phenoxy) is 2. The highest BCUT2D eigenvalue weighted by molar-refractivity contribution is 6.03. The number of methoxy groups -OCH3 is 2. The molecule has 1 aromatic heterocycles. The number of carbonyl (C=O) groups excluding carboxylic acids is 1. The molecule has 0 aliphatic rings. The molecule has 0 aliphatic heterocycles. The van der Waals surface area contributed by atoms with E-state index in [1.54, 1.807) is 13.2 Å². The first-order chi connectivity index (χ1) is 8.27. The maximum Gasteiger partial charge on any atom is 0.338 e. The summed E-state index contributed by atoms with van der Waals surface area (Å²) in [7, 11) is 3.06. The zero-order chi connectivity index (χ0) is 12.3. The largest absolute Gasteiger partial charge is 0.465 e. The van der Waals surface area contributed by atoms with Crippen molar-refractivity contribution in [1.29, 1.82) is 0 Å². The van der Waals surface area contributed by atoms with E-state index in [0.29, 0.717) is 12.2 Å². The van der Waals surface area contributed by atoms with Gasteiger partial charge in [0.1, 0.15) is 0 Å². The van der Waals surface area contributed by atoms with Gasteiger partial charge in [-0.25, -0.2) is 4.79 Å². The van der Waals surface area contributed by atoms with Crippen molar-refractivity contribution in [2.24, 2.45) is 0 Å². The Bertz CT molecular complexity index is 530. The van der Waals surface area contributed by atoms with Crippen LogP contribution in [0.2, 0.25) is 0 Å². The summed E-state index contributed by atoms with van der Waals surface area (Å²) in [6.07, 6.45) is 1.95. The third-order valence-corrected chi connectivity index (χ3v) is 2.76. The van der Waals surface area contributed by atoms with E-state index in [1.165, 1.54) is 7.11 Å². The van der Waals surface area contributed by atoms with Crippen molar-refractivity contribution in [2.75, 3.05) is 20.8 Å². The van der Waals surface area contributed by atoms with E-state index in [9.17, 15) is 4.79 Å². The van der Waals surface area contributed by atoms with Crippen LogP contribution < -0.4 is 0 Å².